The Bertz CT molecular complexity index is 938. The van der Waals surface area contributed by atoms with Crippen LogP contribution in [0.25, 0.3) is 0 Å². The van der Waals surface area contributed by atoms with Gasteiger partial charge in [-0.05, 0) is 36.0 Å². The van der Waals surface area contributed by atoms with E-state index in [1.54, 1.807) is 23.1 Å². The number of amides is 3. The quantitative estimate of drug-likeness (QED) is 0.510. The highest BCUT2D eigenvalue weighted by atomic mass is 35.5. The largest absolute Gasteiger partial charge is 0.338 e. The average Bonchev–Trinajstić information content (AvgIpc) is 3.07. The number of halogens is 1. The molecule has 150 valence electrons. The van der Waals surface area contributed by atoms with Gasteiger partial charge in [-0.1, -0.05) is 48.0 Å². The minimum atomic E-state index is -0.495. The zero-order chi connectivity index (χ0) is 20.8. The summed E-state index contributed by atoms with van der Waals surface area (Å²) in [4.78, 5) is 38.3. The fraction of sp³-hybridized carbons (Fsp3) is 0.200. The van der Waals surface area contributed by atoms with Gasteiger partial charge in [0.15, 0.2) is 5.11 Å². The summed E-state index contributed by atoms with van der Waals surface area (Å²) in [6.45, 7) is 0.786. The van der Waals surface area contributed by atoms with Crippen LogP contribution in [-0.2, 0) is 16.1 Å². The van der Waals surface area contributed by atoms with Crippen LogP contribution in [0.15, 0.2) is 54.6 Å². The van der Waals surface area contributed by atoms with Gasteiger partial charge in [-0.25, -0.2) is 0 Å². The molecule has 1 fully saturated rings. The SMILES string of the molecule is O=C(NC(=S)NNC(=O)C1CC(=O)N(Cc2ccccc2)C1)c1cccc(Cl)c1. The number of carbonyl (C=O) groups excluding carboxylic acids is 3. The summed E-state index contributed by atoms with van der Waals surface area (Å²) in [7, 11) is 0. The van der Waals surface area contributed by atoms with Gasteiger partial charge < -0.3 is 4.90 Å². The normalized spacial score (nSPS) is 15.7. The summed E-state index contributed by atoms with van der Waals surface area (Å²) < 4.78 is 0. The topological polar surface area (TPSA) is 90.5 Å². The van der Waals surface area contributed by atoms with Crippen LogP contribution in [0, 0.1) is 5.92 Å². The molecule has 1 saturated heterocycles. The van der Waals surface area contributed by atoms with Gasteiger partial charge in [-0.15, -0.1) is 0 Å². The molecule has 0 aliphatic carbocycles. The molecular formula is C20H19ClN4O3S. The third-order valence-corrected chi connectivity index (χ3v) is 4.85. The molecule has 0 spiro atoms. The van der Waals surface area contributed by atoms with Crippen molar-refractivity contribution in [1.29, 1.82) is 0 Å². The first kappa shape index (κ1) is 20.8. The van der Waals surface area contributed by atoms with Crippen molar-refractivity contribution >= 4 is 46.7 Å². The van der Waals surface area contributed by atoms with Gasteiger partial charge >= 0.3 is 0 Å². The Labute approximate surface area is 178 Å². The molecular weight excluding hydrogens is 412 g/mol. The highest BCUT2D eigenvalue weighted by Crippen LogP contribution is 2.20. The molecule has 29 heavy (non-hydrogen) atoms. The van der Waals surface area contributed by atoms with Crippen molar-refractivity contribution in [2.45, 2.75) is 13.0 Å². The smallest absolute Gasteiger partial charge is 0.257 e. The lowest BCUT2D eigenvalue weighted by Gasteiger charge is -2.17. The van der Waals surface area contributed by atoms with Gasteiger partial charge in [0.1, 0.15) is 0 Å². The molecule has 0 aromatic heterocycles. The molecule has 1 aliphatic rings. The first-order valence-corrected chi connectivity index (χ1v) is 9.69. The lowest BCUT2D eigenvalue weighted by Crippen LogP contribution is -2.50. The van der Waals surface area contributed by atoms with Crippen molar-refractivity contribution in [2.24, 2.45) is 5.92 Å². The summed E-state index contributed by atoms with van der Waals surface area (Å²) in [6.07, 6.45) is 0.127. The Morgan fingerprint density at radius 2 is 1.86 bits per heavy atom. The van der Waals surface area contributed by atoms with E-state index in [4.69, 9.17) is 23.8 Å². The predicted molar refractivity (Wildman–Crippen MR) is 113 cm³/mol. The number of benzene rings is 2. The van der Waals surface area contributed by atoms with E-state index in [2.05, 4.69) is 16.2 Å². The van der Waals surface area contributed by atoms with E-state index < -0.39 is 11.8 Å². The standard InChI is InChI=1S/C20H19ClN4O3S/c21-16-8-4-7-14(9-16)18(27)22-20(29)24-23-19(28)15-10-17(26)25(12-15)11-13-5-2-1-3-6-13/h1-9,15H,10-12H2,(H,23,28)(H2,22,24,27,29). The monoisotopic (exact) mass is 430 g/mol. The van der Waals surface area contributed by atoms with E-state index in [1.807, 2.05) is 30.3 Å². The van der Waals surface area contributed by atoms with Gasteiger partial charge in [0.2, 0.25) is 11.8 Å². The number of likely N-dealkylation sites (tertiary alicyclic amines) is 1. The Hall–Kier alpha value is -2.97. The molecule has 1 aliphatic heterocycles. The van der Waals surface area contributed by atoms with Crippen molar-refractivity contribution in [3.05, 3.63) is 70.7 Å². The molecule has 0 radical (unpaired) electrons. The van der Waals surface area contributed by atoms with E-state index in [-0.39, 0.29) is 23.3 Å². The van der Waals surface area contributed by atoms with Crippen LogP contribution in [0.3, 0.4) is 0 Å². The highest BCUT2D eigenvalue weighted by molar-refractivity contribution is 7.80. The van der Waals surface area contributed by atoms with Crippen molar-refractivity contribution in [3.63, 3.8) is 0 Å². The van der Waals surface area contributed by atoms with E-state index in [0.717, 1.165) is 5.56 Å². The summed E-state index contributed by atoms with van der Waals surface area (Å²) in [5, 5.41) is 2.82. The number of hydrogen-bond donors (Lipinski definition) is 3. The van der Waals surface area contributed by atoms with Crippen LogP contribution in [-0.4, -0.2) is 34.3 Å². The summed E-state index contributed by atoms with van der Waals surface area (Å²) in [5.74, 6) is -1.39. The first-order valence-electron chi connectivity index (χ1n) is 8.91. The van der Waals surface area contributed by atoms with Gasteiger partial charge in [-0.3, -0.25) is 30.6 Å². The second kappa shape index (κ2) is 9.49. The number of rotatable bonds is 4. The molecule has 1 atom stereocenters. The van der Waals surface area contributed by atoms with E-state index in [1.165, 1.54) is 6.07 Å². The molecule has 1 heterocycles. The van der Waals surface area contributed by atoms with Gasteiger partial charge in [0.05, 0.1) is 5.92 Å². The minimum absolute atomic E-state index is 0.0613. The number of hydrazine groups is 1. The number of nitrogens with one attached hydrogen (secondary N) is 3. The number of thiocarbonyl (C=S) groups is 1. The maximum absolute atomic E-state index is 12.4. The maximum atomic E-state index is 12.4. The Kier molecular flexibility index (Phi) is 6.79. The second-order valence-corrected chi connectivity index (χ2v) is 7.41. The summed E-state index contributed by atoms with van der Waals surface area (Å²) >= 11 is 10.9. The molecule has 1 unspecified atom stereocenters. The van der Waals surface area contributed by atoms with Gasteiger partial charge in [0.25, 0.3) is 5.91 Å². The third kappa shape index (κ3) is 5.75. The molecule has 0 bridgehead atoms. The van der Waals surface area contributed by atoms with Crippen molar-refractivity contribution < 1.29 is 14.4 Å². The predicted octanol–water partition coefficient (Wildman–Crippen LogP) is 2.02. The van der Waals surface area contributed by atoms with E-state index in [0.29, 0.717) is 23.7 Å². The third-order valence-electron chi connectivity index (χ3n) is 4.41. The second-order valence-electron chi connectivity index (χ2n) is 6.57. The minimum Gasteiger partial charge on any atom is -0.338 e. The fourth-order valence-corrected chi connectivity index (χ4v) is 3.30. The lowest BCUT2D eigenvalue weighted by molar-refractivity contribution is -0.129. The zero-order valence-electron chi connectivity index (χ0n) is 15.4. The molecule has 2 aromatic rings. The van der Waals surface area contributed by atoms with Crippen LogP contribution in [0.1, 0.15) is 22.3 Å². The molecule has 7 nitrogen and oxygen atoms in total. The van der Waals surface area contributed by atoms with Crippen LogP contribution < -0.4 is 16.2 Å². The van der Waals surface area contributed by atoms with Crippen LogP contribution in [0.4, 0.5) is 0 Å². The Balaban J connectivity index is 1.46. The van der Waals surface area contributed by atoms with Gasteiger partial charge in [0, 0.05) is 30.1 Å². The van der Waals surface area contributed by atoms with Crippen LogP contribution in [0.5, 0.6) is 0 Å². The lowest BCUT2D eigenvalue weighted by atomic mass is 10.1. The van der Waals surface area contributed by atoms with Gasteiger partial charge in [-0.2, -0.15) is 0 Å². The van der Waals surface area contributed by atoms with E-state index >= 15 is 0 Å². The van der Waals surface area contributed by atoms with Crippen molar-refractivity contribution in [1.82, 2.24) is 21.1 Å². The molecule has 3 N–H and O–H groups in total. The molecule has 3 amide bonds. The first-order chi connectivity index (χ1) is 13.9. The number of carbonyl (C=O) groups is 3. The molecule has 0 saturated carbocycles. The highest BCUT2D eigenvalue weighted by Gasteiger charge is 2.34. The Morgan fingerprint density at radius 3 is 2.59 bits per heavy atom. The van der Waals surface area contributed by atoms with Crippen LogP contribution in [0.2, 0.25) is 5.02 Å². The van der Waals surface area contributed by atoms with E-state index in [9.17, 15) is 14.4 Å². The summed E-state index contributed by atoms with van der Waals surface area (Å²) in [6, 6.07) is 16.0. The molecule has 9 heteroatoms. The fourth-order valence-electron chi connectivity index (χ4n) is 2.96. The van der Waals surface area contributed by atoms with Crippen LogP contribution >= 0.6 is 23.8 Å². The van der Waals surface area contributed by atoms with Crippen molar-refractivity contribution in [3.8, 4) is 0 Å². The zero-order valence-corrected chi connectivity index (χ0v) is 16.9. The Morgan fingerprint density at radius 1 is 1.10 bits per heavy atom. The number of nitrogens with zero attached hydrogens (tertiary/aromatic N) is 1. The molecule has 3 rings (SSSR count). The number of hydrogen-bond acceptors (Lipinski definition) is 4. The maximum Gasteiger partial charge on any atom is 0.257 e. The average molecular weight is 431 g/mol. The van der Waals surface area contributed by atoms with Crippen molar-refractivity contribution in [2.75, 3.05) is 6.54 Å². The summed E-state index contributed by atoms with van der Waals surface area (Å²) in [5.41, 5.74) is 6.28. The molecule has 2 aromatic carbocycles.